The van der Waals surface area contributed by atoms with Crippen molar-refractivity contribution in [2.45, 2.75) is 46.0 Å². The molecule has 0 N–H and O–H groups in total. The first-order valence-electron chi connectivity index (χ1n) is 6.95. The Morgan fingerprint density at radius 2 is 1.94 bits per heavy atom. The molecule has 98 valence electrons. The standard InChI is InChI=1S/C14H25NOS/c1-11(2)12-3-7-15(8-4-12)13(16)9-14(10-17)5-6-14/h11-12,17H,3-10H2,1-2H3. The number of hydrogen-bond donors (Lipinski definition) is 1. The maximum atomic E-state index is 12.2. The molecule has 2 aliphatic rings. The SMILES string of the molecule is CC(C)C1CCN(C(=O)CC2(CS)CC2)CC1. The lowest BCUT2D eigenvalue weighted by Crippen LogP contribution is -2.40. The van der Waals surface area contributed by atoms with E-state index < -0.39 is 0 Å². The number of likely N-dealkylation sites (tertiary alicyclic amines) is 1. The number of piperidine rings is 1. The number of amides is 1. The number of nitrogens with zero attached hydrogens (tertiary/aromatic N) is 1. The Hall–Kier alpha value is -0.180. The predicted octanol–water partition coefficient (Wildman–Crippen LogP) is 2.98. The molecule has 0 bridgehead atoms. The molecule has 2 rings (SSSR count). The zero-order valence-corrected chi connectivity index (χ0v) is 12.0. The summed E-state index contributed by atoms with van der Waals surface area (Å²) in [6, 6.07) is 0. The molecule has 0 aromatic carbocycles. The molecule has 1 heterocycles. The summed E-state index contributed by atoms with van der Waals surface area (Å²) in [6.07, 6.45) is 5.52. The van der Waals surface area contributed by atoms with Crippen LogP contribution in [-0.2, 0) is 4.79 Å². The average molecular weight is 255 g/mol. The number of rotatable bonds is 4. The maximum Gasteiger partial charge on any atom is 0.223 e. The minimum atomic E-state index is 0.273. The van der Waals surface area contributed by atoms with Crippen LogP contribution >= 0.6 is 12.6 Å². The molecule has 0 aromatic heterocycles. The van der Waals surface area contributed by atoms with Crippen LogP contribution in [0.25, 0.3) is 0 Å². The van der Waals surface area contributed by atoms with E-state index in [2.05, 4.69) is 31.4 Å². The third-order valence-corrected chi connectivity index (χ3v) is 5.32. The highest BCUT2D eigenvalue weighted by Crippen LogP contribution is 2.50. The second-order valence-corrected chi connectivity index (χ2v) is 6.61. The lowest BCUT2D eigenvalue weighted by atomic mass is 9.86. The molecule has 0 spiro atoms. The first-order chi connectivity index (χ1) is 8.06. The van der Waals surface area contributed by atoms with Crippen molar-refractivity contribution in [1.82, 2.24) is 4.90 Å². The molecule has 0 radical (unpaired) electrons. The minimum absolute atomic E-state index is 0.273. The normalized spacial score (nSPS) is 24.1. The Morgan fingerprint density at radius 3 is 2.35 bits per heavy atom. The van der Waals surface area contributed by atoms with E-state index in [0.29, 0.717) is 5.91 Å². The van der Waals surface area contributed by atoms with Gasteiger partial charge in [0.15, 0.2) is 0 Å². The van der Waals surface area contributed by atoms with Crippen LogP contribution in [0.2, 0.25) is 0 Å². The first kappa shape index (κ1) is 13.3. The van der Waals surface area contributed by atoms with Crippen molar-refractivity contribution in [1.29, 1.82) is 0 Å². The van der Waals surface area contributed by atoms with Gasteiger partial charge in [-0.05, 0) is 48.7 Å². The molecule has 2 fully saturated rings. The summed E-state index contributed by atoms with van der Waals surface area (Å²) in [5.74, 6) is 2.83. The van der Waals surface area contributed by atoms with Gasteiger partial charge in [0.05, 0.1) is 0 Å². The van der Waals surface area contributed by atoms with E-state index in [4.69, 9.17) is 0 Å². The Labute approximate surface area is 111 Å². The van der Waals surface area contributed by atoms with Gasteiger partial charge in [-0.3, -0.25) is 4.79 Å². The van der Waals surface area contributed by atoms with E-state index in [1.165, 1.54) is 25.7 Å². The highest BCUT2D eigenvalue weighted by molar-refractivity contribution is 7.80. The fourth-order valence-corrected chi connectivity index (χ4v) is 3.24. The Kier molecular flexibility index (Phi) is 4.06. The molecule has 1 aliphatic carbocycles. The summed E-state index contributed by atoms with van der Waals surface area (Å²) in [6.45, 7) is 6.54. The number of thiol groups is 1. The van der Waals surface area contributed by atoms with E-state index in [0.717, 1.165) is 37.1 Å². The Bertz CT molecular complexity index is 278. The molecule has 2 nitrogen and oxygen atoms in total. The van der Waals surface area contributed by atoms with Crippen LogP contribution in [0, 0.1) is 17.3 Å². The summed E-state index contributed by atoms with van der Waals surface area (Å²) in [4.78, 5) is 14.3. The molecule has 0 aromatic rings. The Morgan fingerprint density at radius 1 is 1.35 bits per heavy atom. The molecular weight excluding hydrogens is 230 g/mol. The lowest BCUT2D eigenvalue weighted by Gasteiger charge is -2.34. The van der Waals surface area contributed by atoms with Gasteiger partial charge in [-0.1, -0.05) is 13.8 Å². The maximum absolute atomic E-state index is 12.2. The van der Waals surface area contributed by atoms with Crippen molar-refractivity contribution in [3.63, 3.8) is 0 Å². The monoisotopic (exact) mass is 255 g/mol. The van der Waals surface area contributed by atoms with Crippen LogP contribution in [0.5, 0.6) is 0 Å². The predicted molar refractivity (Wildman–Crippen MR) is 74.3 cm³/mol. The van der Waals surface area contributed by atoms with Gasteiger partial charge in [0.1, 0.15) is 0 Å². The third kappa shape index (κ3) is 3.18. The van der Waals surface area contributed by atoms with Crippen molar-refractivity contribution in [2.75, 3.05) is 18.8 Å². The highest BCUT2D eigenvalue weighted by atomic mass is 32.1. The van der Waals surface area contributed by atoms with Gasteiger partial charge in [-0.2, -0.15) is 12.6 Å². The molecule has 0 unspecified atom stereocenters. The zero-order valence-electron chi connectivity index (χ0n) is 11.1. The van der Waals surface area contributed by atoms with E-state index in [1.54, 1.807) is 0 Å². The quantitative estimate of drug-likeness (QED) is 0.766. The van der Waals surface area contributed by atoms with Gasteiger partial charge in [0.25, 0.3) is 0 Å². The summed E-state index contributed by atoms with van der Waals surface area (Å²) < 4.78 is 0. The average Bonchev–Trinajstić information content (AvgIpc) is 3.09. The van der Waals surface area contributed by atoms with Crippen LogP contribution in [-0.4, -0.2) is 29.6 Å². The van der Waals surface area contributed by atoms with Crippen molar-refractivity contribution in [2.24, 2.45) is 17.3 Å². The fraction of sp³-hybridized carbons (Fsp3) is 0.929. The van der Waals surface area contributed by atoms with Crippen LogP contribution in [0.15, 0.2) is 0 Å². The number of carbonyl (C=O) groups is 1. The molecule has 0 atom stereocenters. The molecule has 1 aliphatic heterocycles. The van der Waals surface area contributed by atoms with E-state index in [9.17, 15) is 4.79 Å². The van der Waals surface area contributed by atoms with Crippen LogP contribution < -0.4 is 0 Å². The van der Waals surface area contributed by atoms with Crippen molar-refractivity contribution in [3.8, 4) is 0 Å². The molecular formula is C14H25NOS. The topological polar surface area (TPSA) is 20.3 Å². The van der Waals surface area contributed by atoms with E-state index >= 15 is 0 Å². The largest absolute Gasteiger partial charge is 0.343 e. The van der Waals surface area contributed by atoms with Crippen LogP contribution in [0.4, 0.5) is 0 Å². The van der Waals surface area contributed by atoms with Crippen molar-refractivity contribution >= 4 is 18.5 Å². The lowest BCUT2D eigenvalue weighted by molar-refractivity contribution is -0.133. The van der Waals surface area contributed by atoms with Gasteiger partial charge in [-0.25, -0.2) is 0 Å². The van der Waals surface area contributed by atoms with E-state index in [-0.39, 0.29) is 5.41 Å². The zero-order chi connectivity index (χ0) is 12.5. The molecule has 1 saturated heterocycles. The second kappa shape index (κ2) is 5.21. The third-order valence-electron chi connectivity index (χ3n) is 4.65. The minimum Gasteiger partial charge on any atom is -0.343 e. The molecule has 1 saturated carbocycles. The molecule has 1 amide bonds. The Balaban J connectivity index is 1.78. The first-order valence-corrected chi connectivity index (χ1v) is 7.58. The van der Waals surface area contributed by atoms with Gasteiger partial charge >= 0.3 is 0 Å². The van der Waals surface area contributed by atoms with Crippen LogP contribution in [0.3, 0.4) is 0 Å². The van der Waals surface area contributed by atoms with Crippen LogP contribution in [0.1, 0.15) is 46.0 Å². The summed E-state index contributed by atoms with van der Waals surface area (Å²) in [5, 5.41) is 0. The molecule has 3 heteroatoms. The van der Waals surface area contributed by atoms with Gasteiger partial charge in [0.2, 0.25) is 5.91 Å². The highest BCUT2D eigenvalue weighted by Gasteiger charge is 2.43. The van der Waals surface area contributed by atoms with Crippen molar-refractivity contribution < 1.29 is 4.79 Å². The smallest absolute Gasteiger partial charge is 0.223 e. The molecule has 17 heavy (non-hydrogen) atoms. The fourth-order valence-electron chi connectivity index (χ4n) is 2.82. The second-order valence-electron chi connectivity index (χ2n) is 6.30. The summed E-state index contributed by atoms with van der Waals surface area (Å²) in [7, 11) is 0. The summed E-state index contributed by atoms with van der Waals surface area (Å²) >= 11 is 4.37. The number of hydrogen-bond acceptors (Lipinski definition) is 2. The van der Waals surface area contributed by atoms with Gasteiger partial charge in [0, 0.05) is 19.5 Å². The summed E-state index contributed by atoms with van der Waals surface area (Å²) in [5.41, 5.74) is 0.273. The van der Waals surface area contributed by atoms with E-state index in [1.807, 2.05) is 0 Å². The van der Waals surface area contributed by atoms with Gasteiger partial charge < -0.3 is 4.90 Å². The van der Waals surface area contributed by atoms with Crippen molar-refractivity contribution in [3.05, 3.63) is 0 Å². The van der Waals surface area contributed by atoms with Gasteiger partial charge in [-0.15, -0.1) is 0 Å². The number of carbonyl (C=O) groups excluding carboxylic acids is 1.